The molecule has 2 aromatic rings. The van der Waals surface area contributed by atoms with E-state index in [-0.39, 0.29) is 22.4 Å². The van der Waals surface area contributed by atoms with Crippen LogP contribution in [0.1, 0.15) is 43.6 Å². The zero-order chi connectivity index (χ0) is 20.7. The lowest BCUT2D eigenvalue weighted by Gasteiger charge is -2.19. The summed E-state index contributed by atoms with van der Waals surface area (Å²) in [6, 6.07) is 2.90. The maximum Gasteiger partial charge on any atom is 0.453 e. The number of nitrogens with zero attached hydrogens (tertiary/aromatic N) is 4. The molecule has 0 aliphatic heterocycles. The second-order valence-electron chi connectivity index (χ2n) is 6.50. The first-order valence-corrected chi connectivity index (χ1v) is 10.4. The molecule has 0 bridgehead atoms. The van der Waals surface area contributed by atoms with Gasteiger partial charge < -0.3 is 4.90 Å². The van der Waals surface area contributed by atoms with Crippen molar-refractivity contribution in [3.63, 3.8) is 0 Å². The number of hydrogen-bond donors (Lipinski definition) is 0. The number of alkyl halides is 3. The van der Waals surface area contributed by atoms with E-state index >= 15 is 0 Å². The number of anilines is 1. The third kappa shape index (κ3) is 4.37. The Morgan fingerprint density at radius 1 is 1.26 bits per heavy atom. The predicted octanol–water partition coefficient (Wildman–Crippen LogP) is 3.97. The number of benzene rings is 1. The van der Waals surface area contributed by atoms with Gasteiger partial charge in [0.2, 0.25) is 5.95 Å². The molecule has 1 heterocycles. The van der Waals surface area contributed by atoms with Gasteiger partial charge in [0.15, 0.2) is 0 Å². The zero-order valence-electron chi connectivity index (χ0n) is 15.5. The first-order chi connectivity index (χ1) is 12.3. The summed E-state index contributed by atoms with van der Waals surface area (Å²) < 4.78 is 64.4. The van der Waals surface area contributed by atoms with E-state index in [2.05, 4.69) is 10.1 Å². The lowest BCUT2D eigenvalue weighted by Crippen LogP contribution is -2.17. The fourth-order valence-electron chi connectivity index (χ4n) is 2.66. The highest BCUT2D eigenvalue weighted by atomic mass is 35.7. The standard InChI is InChI=1S/C16H20ClF3N4O2S/c1-6-10-7-11(9(2)3)12(8-13(10)27(17,25)26)24-15(23(4)5)21-14(22-24)16(18,19)20/h7-9H,6H2,1-5H3. The summed E-state index contributed by atoms with van der Waals surface area (Å²) in [5, 5.41) is 3.60. The molecule has 0 saturated heterocycles. The van der Waals surface area contributed by atoms with Crippen molar-refractivity contribution in [1.82, 2.24) is 14.8 Å². The number of aromatic nitrogens is 3. The highest BCUT2D eigenvalue weighted by molar-refractivity contribution is 8.13. The lowest BCUT2D eigenvalue weighted by molar-refractivity contribution is -0.144. The quantitative estimate of drug-likeness (QED) is 0.679. The van der Waals surface area contributed by atoms with Gasteiger partial charge in [-0.25, -0.2) is 8.42 Å². The van der Waals surface area contributed by atoms with Crippen LogP contribution in [0.15, 0.2) is 17.0 Å². The Labute approximate surface area is 160 Å². The minimum absolute atomic E-state index is 0.0774. The maximum absolute atomic E-state index is 13.1. The third-order valence-corrected chi connectivity index (χ3v) is 5.35. The molecule has 27 heavy (non-hydrogen) atoms. The molecule has 1 aromatic heterocycles. The summed E-state index contributed by atoms with van der Waals surface area (Å²) in [5.41, 5.74) is 1.31. The Balaban J connectivity index is 2.91. The van der Waals surface area contributed by atoms with E-state index in [1.807, 2.05) is 13.8 Å². The largest absolute Gasteiger partial charge is 0.453 e. The van der Waals surface area contributed by atoms with E-state index in [1.54, 1.807) is 13.0 Å². The van der Waals surface area contributed by atoms with Crippen molar-refractivity contribution >= 4 is 25.7 Å². The molecule has 0 aliphatic rings. The monoisotopic (exact) mass is 424 g/mol. The van der Waals surface area contributed by atoms with E-state index in [9.17, 15) is 21.6 Å². The van der Waals surface area contributed by atoms with Gasteiger partial charge in [0.1, 0.15) is 0 Å². The average molecular weight is 425 g/mol. The van der Waals surface area contributed by atoms with Gasteiger partial charge in [0.05, 0.1) is 10.6 Å². The molecule has 150 valence electrons. The number of halogens is 4. The van der Waals surface area contributed by atoms with Crippen LogP contribution in [0.4, 0.5) is 19.1 Å². The van der Waals surface area contributed by atoms with E-state index in [1.165, 1.54) is 25.1 Å². The summed E-state index contributed by atoms with van der Waals surface area (Å²) in [6.45, 7) is 5.47. The summed E-state index contributed by atoms with van der Waals surface area (Å²) in [4.78, 5) is 4.78. The van der Waals surface area contributed by atoms with Gasteiger partial charge in [-0.2, -0.15) is 22.8 Å². The molecule has 0 unspecified atom stereocenters. The van der Waals surface area contributed by atoms with Crippen LogP contribution >= 0.6 is 10.7 Å². The van der Waals surface area contributed by atoms with Crippen molar-refractivity contribution in [2.24, 2.45) is 0 Å². The van der Waals surface area contributed by atoms with Crippen molar-refractivity contribution in [1.29, 1.82) is 0 Å². The highest BCUT2D eigenvalue weighted by Gasteiger charge is 2.38. The van der Waals surface area contributed by atoms with Gasteiger partial charge in [0.25, 0.3) is 14.9 Å². The van der Waals surface area contributed by atoms with E-state index in [0.717, 1.165) is 4.68 Å². The molecule has 0 N–H and O–H groups in total. The molecule has 0 fully saturated rings. The first-order valence-electron chi connectivity index (χ1n) is 8.10. The summed E-state index contributed by atoms with van der Waals surface area (Å²) >= 11 is 0. The molecule has 0 atom stereocenters. The molecular weight excluding hydrogens is 405 g/mol. The maximum atomic E-state index is 13.1. The van der Waals surface area contributed by atoms with Crippen LogP contribution < -0.4 is 4.90 Å². The second kappa shape index (κ2) is 7.31. The molecule has 6 nitrogen and oxygen atoms in total. The van der Waals surface area contributed by atoms with Crippen molar-refractivity contribution < 1.29 is 21.6 Å². The van der Waals surface area contributed by atoms with Crippen molar-refractivity contribution in [2.45, 2.75) is 44.2 Å². The fraction of sp³-hybridized carbons (Fsp3) is 0.500. The number of hydrogen-bond acceptors (Lipinski definition) is 5. The van der Waals surface area contributed by atoms with Gasteiger partial charge in [0, 0.05) is 24.8 Å². The van der Waals surface area contributed by atoms with Gasteiger partial charge >= 0.3 is 6.18 Å². The van der Waals surface area contributed by atoms with Crippen LogP contribution in [0, 0.1) is 0 Å². The van der Waals surface area contributed by atoms with Crippen molar-refractivity contribution in [3.05, 3.63) is 29.1 Å². The Kier molecular flexibility index (Phi) is 5.82. The van der Waals surface area contributed by atoms with Crippen LogP contribution in [0.5, 0.6) is 0 Å². The van der Waals surface area contributed by atoms with Gasteiger partial charge in [-0.05, 0) is 29.5 Å². The minimum Gasteiger partial charge on any atom is -0.347 e. The zero-order valence-corrected chi connectivity index (χ0v) is 17.0. The molecule has 0 amide bonds. The molecular formula is C16H20ClF3N4O2S. The van der Waals surface area contributed by atoms with Gasteiger partial charge in [-0.15, -0.1) is 5.10 Å². The Morgan fingerprint density at radius 3 is 2.26 bits per heavy atom. The van der Waals surface area contributed by atoms with Gasteiger partial charge in [-0.3, -0.25) is 0 Å². The van der Waals surface area contributed by atoms with E-state index in [0.29, 0.717) is 17.5 Å². The average Bonchev–Trinajstić information content (AvgIpc) is 2.98. The summed E-state index contributed by atoms with van der Waals surface area (Å²) in [7, 11) is 4.50. The molecule has 0 aliphatic carbocycles. The predicted molar refractivity (Wildman–Crippen MR) is 97.2 cm³/mol. The number of rotatable bonds is 5. The molecule has 0 radical (unpaired) electrons. The van der Waals surface area contributed by atoms with Crippen molar-refractivity contribution in [2.75, 3.05) is 19.0 Å². The SMILES string of the molecule is CCc1cc(C(C)C)c(-n2nc(C(F)(F)F)nc2N(C)C)cc1S(=O)(=O)Cl. The minimum atomic E-state index is -4.74. The van der Waals surface area contributed by atoms with Crippen LogP contribution in [-0.2, 0) is 21.6 Å². The fourth-order valence-corrected chi connectivity index (χ4v) is 3.86. The topological polar surface area (TPSA) is 68.1 Å². The van der Waals surface area contributed by atoms with Crippen LogP contribution in [0.2, 0.25) is 0 Å². The molecule has 0 saturated carbocycles. The van der Waals surface area contributed by atoms with Crippen LogP contribution in [0.25, 0.3) is 5.69 Å². The van der Waals surface area contributed by atoms with Crippen molar-refractivity contribution in [3.8, 4) is 5.69 Å². The Morgan fingerprint density at radius 2 is 1.85 bits per heavy atom. The van der Waals surface area contributed by atoms with E-state index < -0.39 is 21.1 Å². The smallest absolute Gasteiger partial charge is 0.347 e. The Bertz CT molecular complexity index is 953. The second-order valence-corrected chi connectivity index (χ2v) is 9.04. The summed E-state index contributed by atoms with van der Waals surface area (Å²) in [6.07, 6.45) is -4.34. The molecule has 0 spiro atoms. The van der Waals surface area contributed by atoms with Gasteiger partial charge in [-0.1, -0.05) is 26.8 Å². The highest BCUT2D eigenvalue weighted by Crippen LogP contribution is 2.34. The number of aryl methyl sites for hydroxylation is 1. The molecule has 11 heteroatoms. The lowest BCUT2D eigenvalue weighted by atomic mass is 9.97. The van der Waals surface area contributed by atoms with Crippen LogP contribution in [-0.4, -0.2) is 37.3 Å². The Hall–Kier alpha value is -1.81. The molecule has 1 aromatic carbocycles. The third-order valence-electron chi connectivity index (χ3n) is 3.95. The van der Waals surface area contributed by atoms with Crippen LogP contribution in [0.3, 0.4) is 0 Å². The normalized spacial score (nSPS) is 12.7. The molecule has 2 rings (SSSR count). The van der Waals surface area contributed by atoms with E-state index in [4.69, 9.17) is 10.7 Å². The summed E-state index contributed by atoms with van der Waals surface area (Å²) in [5.74, 6) is -1.49. The first kappa shape index (κ1) is 21.5.